The van der Waals surface area contributed by atoms with Crippen LogP contribution in [-0.4, -0.2) is 17.4 Å². The summed E-state index contributed by atoms with van der Waals surface area (Å²) < 4.78 is 0. The molecular formula is C16H17NOS2. The molecule has 4 rings (SSSR count). The standard InChI is InChI=1S/C16H17NOS2/c1-10-9-12(10)16(18)17-6-4-13-11(5-8-20-13)15(17)14-3-2-7-19-14/h2-3,5,7-8,10,12,15H,4,6,9H2,1H3. The molecule has 1 fully saturated rings. The van der Waals surface area contributed by atoms with Crippen molar-refractivity contribution < 1.29 is 4.79 Å². The molecule has 0 radical (unpaired) electrons. The van der Waals surface area contributed by atoms with Crippen molar-refractivity contribution in [2.45, 2.75) is 25.8 Å². The quantitative estimate of drug-likeness (QED) is 0.823. The van der Waals surface area contributed by atoms with Gasteiger partial charge in [0.2, 0.25) is 5.91 Å². The Labute approximate surface area is 127 Å². The van der Waals surface area contributed by atoms with Gasteiger partial charge in [0, 0.05) is 22.2 Å². The first kappa shape index (κ1) is 12.6. The predicted molar refractivity (Wildman–Crippen MR) is 83.2 cm³/mol. The lowest BCUT2D eigenvalue weighted by Crippen LogP contribution is -2.40. The fourth-order valence-corrected chi connectivity index (χ4v) is 4.94. The van der Waals surface area contributed by atoms with Gasteiger partial charge in [0.05, 0.1) is 6.04 Å². The molecule has 3 heterocycles. The van der Waals surface area contributed by atoms with Gasteiger partial charge < -0.3 is 4.90 Å². The predicted octanol–water partition coefficient (Wildman–Crippen LogP) is 3.94. The third kappa shape index (κ3) is 1.93. The molecule has 0 saturated heterocycles. The molecule has 0 bridgehead atoms. The number of fused-ring (bicyclic) bond motifs is 1. The van der Waals surface area contributed by atoms with Crippen LogP contribution >= 0.6 is 22.7 Å². The molecule has 2 nitrogen and oxygen atoms in total. The first-order valence-electron chi connectivity index (χ1n) is 7.16. The van der Waals surface area contributed by atoms with E-state index in [4.69, 9.17) is 0 Å². The van der Waals surface area contributed by atoms with Crippen molar-refractivity contribution in [2.24, 2.45) is 11.8 Å². The van der Waals surface area contributed by atoms with Crippen LogP contribution in [0.1, 0.15) is 34.7 Å². The molecule has 2 aliphatic rings. The van der Waals surface area contributed by atoms with Gasteiger partial charge in [0.15, 0.2) is 0 Å². The lowest BCUT2D eigenvalue weighted by atomic mass is 9.98. The summed E-state index contributed by atoms with van der Waals surface area (Å²) in [6, 6.07) is 6.62. The molecule has 0 spiro atoms. The number of hydrogen-bond donors (Lipinski definition) is 0. The number of thiophene rings is 2. The molecule has 20 heavy (non-hydrogen) atoms. The minimum Gasteiger partial charge on any atom is -0.330 e. The zero-order chi connectivity index (χ0) is 13.7. The summed E-state index contributed by atoms with van der Waals surface area (Å²) in [7, 11) is 0. The van der Waals surface area contributed by atoms with Crippen LogP contribution in [0.4, 0.5) is 0 Å². The highest BCUT2D eigenvalue weighted by Gasteiger charge is 2.44. The van der Waals surface area contributed by atoms with Gasteiger partial charge in [-0.2, -0.15) is 0 Å². The zero-order valence-corrected chi connectivity index (χ0v) is 13.0. The Hall–Kier alpha value is -1.13. The third-order valence-corrected chi connectivity index (χ3v) is 6.41. The van der Waals surface area contributed by atoms with Crippen molar-refractivity contribution in [1.29, 1.82) is 0 Å². The summed E-state index contributed by atoms with van der Waals surface area (Å²) in [6.07, 6.45) is 2.09. The van der Waals surface area contributed by atoms with Gasteiger partial charge in [0.25, 0.3) is 0 Å². The van der Waals surface area contributed by atoms with Crippen LogP contribution in [-0.2, 0) is 11.2 Å². The fourth-order valence-electron chi connectivity index (χ4n) is 3.19. The summed E-state index contributed by atoms with van der Waals surface area (Å²) in [4.78, 5) is 17.6. The van der Waals surface area contributed by atoms with Crippen LogP contribution in [0, 0.1) is 11.8 Å². The Morgan fingerprint density at radius 3 is 2.85 bits per heavy atom. The minimum absolute atomic E-state index is 0.158. The topological polar surface area (TPSA) is 20.3 Å². The fraction of sp³-hybridized carbons (Fsp3) is 0.438. The summed E-state index contributed by atoms with van der Waals surface area (Å²) in [6.45, 7) is 3.06. The molecule has 2 aromatic rings. The lowest BCUT2D eigenvalue weighted by molar-refractivity contribution is -0.134. The maximum absolute atomic E-state index is 12.7. The Bertz CT molecular complexity index is 631. The highest BCUT2D eigenvalue weighted by Crippen LogP contribution is 2.45. The van der Waals surface area contributed by atoms with E-state index >= 15 is 0 Å². The van der Waals surface area contributed by atoms with Crippen molar-refractivity contribution >= 4 is 28.6 Å². The first-order chi connectivity index (χ1) is 9.75. The van der Waals surface area contributed by atoms with Crippen molar-refractivity contribution in [3.05, 3.63) is 44.3 Å². The molecule has 0 N–H and O–H groups in total. The SMILES string of the molecule is CC1CC1C(=O)N1CCc2sccc2C1c1cccs1. The molecule has 0 aromatic carbocycles. The Morgan fingerprint density at radius 1 is 1.30 bits per heavy atom. The van der Waals surface area contributed by atoms with Crippen LogP contribution in [0.5, 0.6) is 0 Å². The monoisotopic (exact) mass is 303 g/mol. The van der Waals surface area contributed by atoms with Crippen LogP contribution in [0.25, 0.3) is 0 Å². The molecule has 4 heteroatoms. The second kappa shape index (κ2) is 4.71. The Kier molecular flexibility index (Phi) is 2.97. The molecular weight excluding hydrogens is 286 g/mol. The number of nitrogens with zero attached hydrogens (tertiary/aromatic N) is 1. The van der Waals surface area contributed by atoms with Gasteiger partial charge in [-0.25, -0.2) is 0 Å². The summed E-state index contributed by atoms with van der Waals surface area (Å²) in [5, 5.41) is 4.28. The molecule has 3 unspecified atom stereocenters. The van der Waals surface area contributed by atoms with Gasteiger partial charge in [-0.1, -0.05) is 13.0 Å². The van der Waals surface area contributed by atoms with Gasteiger partial charge in [0.1, 0.15) is 0 Å². The van der Waals surface area contributed by atoms with E-state index < -0.39 is 0 Å². The van der Waals surface area contributed by atoms with Crippen molar-refractivity contribution in [2.75, 3.05) is 6.54 Å². The Morgan fingerprint density at radius 2 is 2.15 bits per heavy atom. The van der Waals surface area contributed by atoms with Crippen LogP contribution in [0.15, 0.2) is 29.0 Å². The smallest absolute Gasteiger partial charge is 0.226 e. The van der Waals surface area contributed by atoms with Gasteiger partial charge in [-0.15, -0.1) is 22.7 Å². The second-order valence-electron chi connectivity index (χ2n) is 5.82. The summed E-state index contributed by atoms with van der Waals surface area (Å²) in [5.74, 6) is 1.22. The van der Waals surface area contributed by atoms with E-state index in [1.54, 1.807) is 11.3 Å². The molecule has 1 aliphatic carbocycles. The third-order valence-electron chi connectivity index (χ3n) is 4.49. The molecule has 1 amide bonds. The van der Waals surface area contributed by atoms with E-state index in [-0.39, 0.29) is 12.0 Å². The first-order valence-corrected chi connectivity index (χ1v) is 8.92. The molecule has 104 valence electrons. The van der Waals surface area contributed by atoms with E-state index in [0.717, 1.165) is 19.4 Å². The molecule has 2 aromatic heterocycles. The van der Waals surface area contributed by atoms with Gasteiger partial charge in [-0.3, -0.25) is 4.79 Å². The van der Waals surface area contributed by atoms with Crippen LogP contribution in [0.3, 0.4) is 0 Å². The van der Waals surface area contributed by atoms with Crippen LogP contribution < -0.4 is 0 Å². The maximum atomic E-state index is 12.7. The summed E-state index contributed by atoms with van der Waals surface area (Å²) >= 11 is 3.59. The zero-order valence-electron chi connectivity index (χ0n) is 11.4. The van der Waals surface area contributed by atoms with Gasteiger partial charge in [-0.05, 0) is 47.2 Å². The second-order valence-corrected chi connectivity index (χ2v) is 7.80. The highest BCUT2D eigenvalue weighted by atomic mass is 32.1. The minimum atomic E-state index is 0.158. The van der Waals surface area contributed by atoms with E-state index in [1.807, 2.05) is 11.3 Å². The maximum Gasteiger partial charge on any atom is 0.226 e. The van der Waals surface area contributed by atoms with Crippen molar-refractivity contribution in [1.82, 2.24) is 4.90 Å². The van der Waals surface area contributed by atoms with E-state index in [1.165, 1.54) is 15.3 Å². The Balaban J connectivity index is 1.73. The molecule has 1 saturated carbocycles. The number of amides is 1. The van der Waals surface area contributed by atoms with Crippen molar-refractivity contribution in [3.8, 4) is 0 Å². The normalized spacial score (nSPS) is 28.2. The average Bonchev–Trinajstić information content (AvgIpc) is 2.92. The number of rotatable bonds is 2. The average molecular weight is 303 g/mol. The highest BCUT2D eigenvalue weighted by molar-refractivity contribution is 7.10. The van der Waals surface area contributed by atoms with Crippen molar-refractivity contribution in [3.63, 3.8) is 0 Å². The summed E-state index contributed by atoms with van der Waals surface area (Å²) in [5.41, 5.74) is 1.35. The van der Waals surface area contributed by atoms with E-state index in [0.29, 0.717) is 11.8 Å². The van der Waals surface area contributed by atoms with E-state index in [2.05, 4.69) is 40.8 Å². The molecule has 3 atom stereocenters. The largest absolute Gasteiger partial charge is 0.330 e. The number of hydrogen-bond acceptors (Lipinski definition) is 3. The van der Waals surface area contributed by atoms with Gasteiger partial charge >= 0.3 is 0 Å². The van der Waals surface area contributed by atoms with E-state index in [9.17, 15) is 4.79 Å². The number of carbonyl (C=O) groups is 1. The molecule has 1 aliphatic heterocycles. The lowest BCUT2D eigenvalue weighted by Gasteiger charge is -2.35. The van der Waals surface area contributed by atoms with Crippen LogP contribution in [0.2, 0.25) is 0 Å². The number of carbonyl (C=O) groups excluding carboxylic acids is 1.